The molecule has 0 fully saturated rings. The van der Waals surface area contributed by atoms with Crippen molar-refractivity contribution in [2.24, 2.45) is 5.92 Å². The Morgan fingerprint density at radius 1 is 1.33 bits per heavy atom. The second kappa shape index (κ2) is 9.94. The number of hydrogen-bond acceptors (Lipinski definition) is 0. The minimum atomic E-state index is 0.648. The molecule has 0 unspecified atom stereocenters. The molecule has 0 aromatic heterocycles. The molecule has 0 radical (unpaired) electrons. The number of allylic oxidation sites excluding steroid dienone is 7. The summed E-state index contributed by atoms with van der Waals surface area (Å²) in [4.78, 5) is 0. The van der Waals surface area contributed by atoms with Crippen LogP contribution in [0.3, 0.4) is 0 Å². The number of rotatable bonds is 4. The van der Waals surface area contributed by atoms with Crippen LogP contribution in [0.2, 0.25) is 0 Å². The highest BCUT2D eigenvalue weighted by Crippen LogP contribution is 2.27. The molecular weight excluding hydrogens is 216 g/mol. The first-order valence-corrected chi connectivity index (χ1v) is 7.22. The zero-order valence-corrected chi connectivity index (χ0v) is 12.9. The van der Waals surface area contributed by atoms with Crippen molar-refractivity contribution in [1.29, 1.82) is 0 Å². The minimum absolute atomic E-state index is 0.648. The summed E-state index contributed by atoms with van der Waals surface area (Å²) < 4.78 is 0. The SMILES string of the molecule is C/C=C(/CCC)C1=CCCC=C1C.C=CC(C)C. The molecule has 0 saturated heterocycles. The topological polar surface area (TPSA) is 0 Å². The van der Waals surface area contributed by atoms with Crippen LogP contribution in [0.15, 0.2) is 47.6 Å². The van der Waals surface area contributed by atoms with Gasteiger partial charge in [0.2, 0.25) is 0 Å². The fourth-order valence-electron chi connectivity index (χ4n) is 1.89. The Morgan fingerprint density at radius 2 is 1.89 bits per heavy atom. The van der Waals surface area contributed by atoms with E-state index in [-0.39, 0.29) is 0 Å². The standard InChI is InChI=1S/C13H20.C5H10/c1-4-8-12(5-2)13-10-7-6-9-11(13)3;1-4-5(2)3/h5,9-10H,4,6-8H2,1-3H3;4-5H,1H2,2-3H3/b12-5-;. The molecule has 0 saturated carbocycles. The molecule has 0 heteroatoms. The molecule has 0 nitrogen and oxygen atoms in total. The van der Waals surface area contributed by atoms with E-state index in [2.05, 4.69) is 59.4 Å². The van der Waals surface area contributed by atoms with E-state index in [0.29, 0.717) is 5.92 Å². The highest BCUT2D eigenvalue weighted by molar-refractivity contribution is 5.46. The Labute approximate surface area is 114 Å². The maximum atomic E-state index is 3.56. The molecule has 18 heavy (non-hydrogen) atoms. The van der Waals surface area contributed by atoms with Crippen molar-refractivity contribution >= 4 is 0 Å². The Balaban J connectivity index is 0.000000494. The van der Waals surface area contributed by atoms with E-state index in [1.54, 1.807) is 0 Å². The van der Waals surface area contributed by atoms with Crippen LogP contribution in [-0.4, -0.2) is 0 Å². The second-order valence-electron chi connectivity index (χ2n) is 5.13. The molecule has 0 amide bonds. The molecule has 0 heterocycles. The van der Waals surface area contributed by atoms with Gasteiger partial charge in [-0.15, -0.1) is 6.58 Å². The van der Waals surface area contributed by atoms with E-state index in [9.17, 15) is 0 Å². The molecule has 1 aliphatic carbocycles. The average Bonchev–Trinajstić information content (AvgIpc) is 2.37. The average molecular weight is 246 g/mol. The lowest BCUT2D eigenvalue weighted by Crippen LogP contribution is -1.96. The van der Waals surface area contributed by atoms with Gasteiger partial charge in [0.05, 0.1) is 0 Å². The van der Waals surface area contributed by atoms with Crippen LogP contribution < -0.4 is 0 Å². The molecule has 1 rings (SSSR count). The Bertz CT molecular complexity index is 324. The smallest absolute Gasteiger partial charge is 0.0242 e. The molecule has 0 spiro atoms. The molecule has 0 atom stereocenters. The van der Waals surface area contributed by atoms with Crippen LogP contribution >= 0.6 is 0 Å². The van der Waals surface area contributed by atoms with Crippen molar-refractivity contribution in [3.05, 3.63) is 47.6 Å². The van der Waals surface area contributed by atoms with Crippen LogP contribution in [-0.2, 0) is 0 Å². The zero-order valence-electron chi connectivity index (χ0n) is 12.9. The van der Waals surface area contributed by atoms with E-state index in [4.69, 9.17) is 0 Å². The van der Waals surface area contributed by atoms with Gasteiger partial charge in [0.25, 0.3) is 0 Å². The molecule has 0 aromatic rings. The van der Waals surface area contributed by atoms with Gasteiger partial charge in [-0.05, 0) is 55.7 Å². The van der Waals surface area contributed by atoms with Gasteiger partial charge in [-0.1, -0.05) is 51.5 Å². The van der Waals surface area contributed by atoms with Crippen LogP contribution in [0.4, 0.5) is 0 Å². The summed E-state index contributed by atoms with van der Waals surface area (Å²) in [5.74, 6) is 0.648. The van der Waals surface area contributed by atoms with Gasteiger partial charge in [0, 0.05) is 0 Å². The zero-order chi connectivity index (χ0) is 14.0. The minimum Gasteiger partial charge on any atom is -0.103 e. The molecular formula is C18H30. The largest absolute Gasteiger partial charge is 0.103 e. The molecule has 0 N–H and O–H groups in total. The summed E-state index contributed by atoms with van der Waals surface area (Å²) in [5, 5.41) is 0. The lowest BCUT2D eigenvalue weighted by atomic mass is 9.90. The third-order valence-corrected chi connectivity index (χ3v) is 3.08. The van der Waals surface area contributed by atoms with Crippen molar-refractivity contribution in [2.75, 3.05) is 0 Å². The first kappa shape index (κ1) is 17.0. The van der Waals surface area contributed by atoms with E-state index >= 15 is 0 Å². The fraction of sp³-hybridized carbons (Fsp3) is 0.556. The molecule has 0 aromatic carbocycles. The maximum absolute atomic E-state index is 3.56. The van der Waals surface area contributed by atoms with Gasteiger partial charge >= 0.3 is 0 Å². The first-order valence-electron chi connectivity index (χ1n) is 7.22. The van der Waals surface area contributed by atoms with Crippen molar-refractivity contribution < 1.29 is 0 Å². The van der Waals surface area contributed by atoms with E-state index < -0.39 is 0 Å². The van der Waals surface area contributed by atoms with Crippen LogP contribution in [0.5, 0.6) is 0 Å². The van der Waals surface area contributed by atoms with Crippen LogP contribution in [0.25, 0.3) is 0 Å². The molecule has 0 bridgehead atoms. The third-order valence-electron chi connectivity index (χ3n) is 3.08. The Morgan fingerprint density at radius 3 is 2.28 bits per heavy atom. The van der Waals surface area contributed by atoms with Gasteiger partial charge < -0.3 is 0 Å². The summed E-state index contributed by atoms with van der Waals surface area (Å²) in [6.45, 7) is 14.4. The van der Waals surface area contributed by atoms with Gasteiger partial charge in [0.1, 0.15) is 0 Å². The maximum Gasteiger partial charge on any atom is -0.0242 e. The van der Waals surface area contributed by atoms with E-state index in [0.717, 1.165) is 0 Å². The van der Waals surface area contributed by atoms with Gasteiger partial charge in [-0.25, -0.2) is 0 Å². The van der Waals surface area contributed by atoms with Crippen molar-refractivity contribution in [1.82, 2.24) is 0 Å². The first-order chi connectivity index (χ1) is 8.56. The lowest BCUT2D eigenvalue weighted by Gasteiger charge is -2.15. The Kier molecular flexibility index (Phi) is 9.36. The molecule has 1 aliphatic rings. The van der Waals surface area contributed by atoms with Crippen molar-refractivity contribution in [2.45, 2.75) is 60.3 Å². The monoisotopic (exact) mass is 246 g/mol. The summed E-state index contributed by atoms with van der Waals surface area (Å²) in [7, 11) is 0. The summed E-state index contributed by atoms with van der Waals surface area (Å²) in [5.41, 5.74) is 4.49. The third kappa shape index (κ3) is 6.64. The predicted molar refractivity (Wildman–Crippen MR) is 84.8 cm³/mol. The predicted octanol–water partition coefficient (Wildman–Crippen LogP) is 6.23. The normalized spacial score (nSPS) is 15.6. The van der Waals surface area contributed by atoms with Crippen molar-refractivity contribution in [3.63, 3.8) is 0 Å². The van der Waals surface area contributed by atoms with E-state index in [1.165, 1.54) is 42.4 Å². The van der Waals surface area contributed by atoms with Gasteiger partial charge in [-0.3, -0.25) is 0 Å². The lowest BCUT2D eigenvalue weighted by molar-refractivity contribution is 0.835. The summed E-state index contributed by atoms with van der Waals surface area (Å²) >= 11 is 0. The molecule has 0 aliphatic heterocycles. The fourth-order valence-corrected chi connectivity index (χ4v) is 1.89. The summed E-state index contributed by atoms with van der Waals surface area (Å²) in [6.07, 6.45) is 13.8. The quantitative estimate of drug-likeness (QED) is 0.516. The highest BCUT2D eigenvalue weighted by Gasteiger charge is 2.07. The van der Waals surface area contributed by atoms with Crippen molar-refractivity contribution in [3.8, 4) is 0 Å². The van der Waals surface area contributed by atoms with Crippen LogP contribution in [0.1, 0.15) is 60.3 Å². The second-order valence-corrected chi connectivity index (χ2v) is 5.13. The highest BCUT2D eigenvalue weighted by atomic mass is 14.1. The number of hydrogen-bond donors (Lipinski definition) is 0. The molecule has 102 valence electrons. The summed E-state index contributed by atoms with van der Waals surface area (Å²) in [6, 6.07) is 0. The van der Waals surface area contributed by atoms with E-state index in [1.807, 2.05) is 6.08 Å². The van der Waals surface area contributed by atoms with Crippen LogP contribution in [0, 0.1) is 5.92 Å². The van der Waals surface area contributed by atoms with Gasteiger partial charge in [0.15, 0.2) is 0 Å². The Hall–Kier alpha value is -1.04. The van der Waals surface area contributed by atoms with Gasteiger partial charge in [-0.2, -0.15) is 0 Å².